The number of benzene rings is 1. The molecule has 3 amide bonds. The third kappa shape index (κ3) is 2.71. The fraction of sp³-hybridized carbons (Fsp3) is 0.211. The van der Waals surface area contributed by atoms with E-state index < -0.39 is 11.9 Å². The lowest BCUT2D eigenvalue weighted by molar-refractivity contribution is -0.126. The van der Waals surface area contributed by atoms with Crippen LogP contribution in [0.15, 0.2) is 59.9 Å². The molecule has 0 saturated carbocycles. The quantitative estimate of drug-likeness (QED) is 0.921. The molecule has 4 rings (SSSR count). The van der Waals surface area contributed by atoms with Crippen LogP contribution >= 0.6 is 0 Å². The van der Waals surface area contributed by atoms with Crippen LogP contribution < -0.4 is 5.32 Å². The number of halogens is 1. The van der Waals surface area contributed by atoms with Crippen LogP contribution in [0.25, 0.3) is 0 Å². The average molecular weight is 352 g/mol. The van der Waals surface area contributed by atoms with Crippen molar-refractivity contribution in [3.05, 3.63) is 77.0 Å². The number of hydrogen-bond acceptors (Lipinski definition) is 3. The first-order valence-corrected chi connectivity index (χ1v) is 8.26. The van der Waals surface area contributed by atoms with E-state index in [1.54, 1.807) is 30.3 Å². The zero-order valence-corrected chi connectivity index (χ0v) is 14.1. The second kappa shape index (κ2) is 6.25. The van der Waals surface area contributed by atoms with Crippen LogP contribution in [0.2, 0.25) is 0 Å². The molecule has 1 N–H and O–H groups in total. The van der Waals surface area contributed by atoms with Gasteiger partial charge in [-0.2, -0.15) is 0 Å². The fourth-order valence-corrected chi connectivity index (χ4v) is 3.37. The number of nitrogens with one attached hydrogen (secondary N) is 1. The van der Waals surface area contributed by atoms with Crippen molar-refractivity contribution in [2.24, 2.45) is 0 Å². The van der Waals surface area contributed by atoms with E-state index in [1.165, 1.54) is 17.0 Å². The molecular formula is C19H17FN4O2. The highest BCUT2D eigenvalue weighted by atomic mass is 19.1. The lowest BCUT2D eigenvalue weighted by atomic mass is 9.95. The Kier molecular flexibility index (Phi) is 3.91. The SMILES string of the molecule is CN1C(=O)N[C@@H](c2cccc(F)c2)C2=C1CN(Cc1ccccn1)C2=O. The summed E-state index contributed by atoms with van der Waals surface area (Å²) < 4.78 is 13.7. The molecule has 0 bridgehead atoms. The van der Waals surface area contributed by atoms with Crippen LogP contribution in [0.5, 0.6) is 0 Å². The van der Waals surface area contributed by atoms with E-state index in [2.05, 4.69) is 10.3 Å². The van der Waals surface area contributed by atoms with E-state index in [-0.39, 0.29) is 11.9 Å². The average Bonchev–Trinajstić information content (AvgIpc) is 2.96. The maximum Gasteiger partial charge on any atom is 0.322 e. The predicted molar refractivity (Wildman–Crippen MR) is 92.1 cm³/mol. The molecule has 0 unspecified atom stereocenters. The highest BCUT2D eigenvalue weighted by Gasteiger charge is 2.42. The Morgan fingerprint density at radius 1 is 1.23 bits per heavy atom. The number of hydrogen-bond donors (Lipinski definition) is 1. The third-order valence-corrected chi connectivity index (χ3v) is 4.70. The summed E-state index contributed by atoms with van der Waals surface area (Å²) in [5.41, 5.74) is 2.44. The van der Waals surface area contributed by atoms with Crippen LogP contribution in [0.1, 0.15) is 17.3 Å². The van der Waals surface area contributed by atoms with Gasteiger partial charge < -0.3 is 10.2 Å². The van der Waals surface area contributed by atoms with Crippen molar-refractivity contribution in [1.29, 1.82) is 0 Å². The molecule has 2 aliphatic rings. The normalized spacial score (nSPS) is 19.7. The minimum atomic E-state index is -0.661. The van der Waals surface area contributed by atoms with E-state index in [0.29, 0.717) is 29.9 Å². The van der Waals surface area contributed by atoms with Crippen molar-refractivity contribution in [3.8, 4) is 0 Å². The number of amides is 3. The second-order valence-corrected chi connectivity index (χ2v) is 6.34. The summed E-state index contributed by atoms with van der Waals surface area (Å²) in [5, 5.41) is 2.80. The topological polar surface area (TPSA) is 65.5 Å². The van der Waals surface area contributed by atoms with Crippen molar-refractivity contribution in [1.82, 2.24) is 20.1 Å². The van der Waals surface area contributed by atoms with Crippen molar-refractivity contribution in [2.45, 2.75) is 12.6 Å². The van der Waals surface area contributed by atoms with Gasteiger partial charge in [0, 0.05) is 13.2 Å². The largest absolute Gasteiger partial charge is 0.327 e. The van der Waals surface area contributed by atoms with Gasteiger partial charge in [0.15, 0.2) is 0 Å². The fourth-order valence-electron chi connectivity index (χ4n) is 3.37. The zero-order chi connectivity index (χ0) is 18.3. The number of nitrogens with zero attached hydrogens (tertiary/aromatic N) is 3. The summed E-state index contributed by atoms with van der Waals surface area (Å²) in [5.74, 6) is -0.583. The molecular weight excluding hydrogens is 335 g/mol. The van der Waals surface area contributed by atoms with Gasteiger partial charge in [-0.25, -0.2) is 9.18 Å². The monoisotopic (exact) mass is 352 g/mol. The number of likely N-dealkylation sites (N-methyl/N-ethyl adjacent to an activating group) is 1. The van der Waals surface area contributed by atoms with Crippen molar-refractivity contribution >= 4 is 11.9 Å². The van der Waals surface area contributed by atoms with Crippen molar-refractivity contribution in [3.63, 3.8) is 0 Å². The predicted octanol–water partition coefficient (Wildman–Crippen LogP) is 2.21. The lowest BCUT2D eigenvalue weighted by Gasteiger charge is -2.31. The Labute approximate surface area is 149 Å². The summed E-state index contributed by atoms with van der Waals surface area (Å²) >= 11 is 0. The molecule has 1 aromatic carbocycles. The van der Waals surface area contributed by atoms with Gasteiger partial charge in [-0.1, -0.05) is 18.2 Å². The van der Waals surface area contributed by atoms with Crippen LogP contribution in [-0.2, 0) is 11.3 Å². The van der Waals surface area contributed by atoms with Gasteiger partial charge in [0.2, 0.25) is 0 Å². The zero-order valence-electron chi connectivity index (χ0n) is 14.1. The van der Waals surface area contributed by atoms with Gasteiger partial charge >= 0.3 is 6.03 Å². The van der Waals surface area contributed by atoms with E-state index in [0.717, 1.165) is 5.69 Å². The smallest absolute Gasteiger partial charge is 0.322 e. The lowest BCUT2D eigenvalue weighted by Crippen LogP contribution is -2.45. The Bertz CT molecular complexity index is 913. The maximum absolute atomic E-state index is 13.7. The summed E-state index contributed by atoms with van der Waals surface area (Å²) in [6, 6.07) is 10.5. The van der Waals surface area contributed by atoms with Gasteiger partial charge in [-0.05, 0) is 29.8 Å². The number of aromatic nitrogens is 1. The highest BCUT2D eigenvalue weighted by Crippen LogP contribution is 2.36. The molecule has 1 aromatic heterocycles. The van der Waals surface area contributed by atoms with E-state index in [4.69, 9.17) is 0 Å². The maximum atomic E-state index is 13.7. The van der Waals surface area contributed by atoms with E-state index >= 15 is 0 Å². The van der Waals surface area contributed by atoms with Crippen LogP contribution in [0.3, 0.4) is 0 Å². The second-order valence-electron chi connectivity index (χ2n) is 6.34. The minimum Gasteiger partial charge on any atom is -0.327 e. The summed E-state index contributed by atoms with van der Waals surface area (Å²) in [6.07, 6.45) is 1.68. The molecule has 2 aromatic rings. The molecule has 0 radical (unpaired) electrons. The Morgan fingerprint density at radius 3 is 2.81 bits per heavy atom. The van der Waals surface area contributed by atoms with Crippen molar-refractivity contribution in [2.75, 3.05) is 13.6 Å². The molecule has 0 fully saturated rings. The Hall–Kier alpha value is -3.22. The first kappa shape index (κ1) is 16.3. The standard InChI is InChI=1S/C19H17FN4O2/c1-23-15-11-24(10-14-7-2-3-8-21-14)18(25)16(15)17(22-19(23)26)12-5-4-6-13(20)9-12/h2-9,17H,10-11H2,1H3,(H,22,26)/t17-/m0/s1. The van der Waals surface area contributed by atoms with E-state index in [1.807, 2.05) is 18.2 Å². The van der Waals surface area contributed by atoms with Crippen molar-refractivity contribution < 1.29 is 14.0 Å². The molecule has 3 heterocycles. The minimum absolute atomic E-state index is 0.174. The number of carbonyl (C=O) groups excluding carboxylic acids is 2. The number of rotatable bonds is 3. The van der Waals surface area contributed by atoms with Crippen LogP contribution in [0.4, 0.5) is 9.18 Å². The first-order valence-electron chi connectivity index (χ1n) is 8.26. The molecule has 2 aliphatic heterocycles. The molecule has 0 aliphatic carbocycles. The summed E-state index contributed by atoms with van der Waals surface area (Å²) in [7, 11) is 1.63. The van der Waals surface area contributed by atoms with E-state index in [9.17, 15) is 14.0 Å². The Morgan fingerprint density at radius 2 is 2.08 bits per heavy atom. The van der Waals surface area contributed by atoms with Gasteiger partial charge in [0.25, 0.3) is 5.91 Å². The molecule has 1 atom stereocenters. The number of pyridine rings is 1. The first-order chi connectivity index (χ1) is 12.5. The third-order valence-electron chi connectivity index (χ3n) is 4.70. The van der Waals surface area contributed by atoms with Gasteiger partial charge in [-0.3, -0.25) is 14.7 Å². The molecule has 132 valence electrons. The van der Waals surface area contributed by atoms with Crippen LogP contribution in [0, 0.1) is 5.82 Å². The van der Waals surface area contributed by atoms with Gasteiger partial charge in [0.1, 0.15) is 5.82 Å². The number of carbonyl (C=O) groups is 2. The van der Waals surface area contributed by atoms with Gasteiger partial charge in [0.05, 0.1) is 36.1 Å². The van der Waals surface area contributed by atoms with Crippen LogP contribution in [-0.4, -0.2) is 40.3 Å². The molecule has 0 saturated heterocycles. The number of urea groups is 1. The molecule has 7 heteroatoms. The molecule has 6 nitrogen and oxygen atoms in total. The van der Waals surface area contributed by atoms with Gasteiger partial charge in [-0.15, -0.1) is 0 Å². The summed E-state index contributed by atoms with van der Waals surface area (Å²) in [4.78, 5) is 32.7. The molecule has 26 heavy (non-hydrogen) atoms. The summed E-state index contributed by atoms with van der Waals surface area (Å²) in [6.45, 7) is 0.672. The Balaban J connectivity index is 1.69. The molecule has 0 spiro atoms. The highest BCUT2D eigenvalue weighted by molar-refractivity contribution is 6.01.